The van der Waals surface area contributed by atoms with E-state index in [1.165, 1.54) is 0 Å². The minimum absolute atomic E-state index is 0.313. The van der Waals surface area contributed by atoms with Crippen molar-refractivity contribution in [1.82, 2.24) is 9.88 Å². The Morgan fingerprint density at radius 2 is 2.11 bits per heavy atom. The van der Waals surface area contributed by atoms with Crippen molar-refractivity contribution < 1.29 is 9.59 Å². The van der Waals surface area contributed by atoms with E-state index in [2.05, 4.69) is 5.32 Å². The Kier molecular flexibility index (Phi) is 2.48. The molecule has 4 nitrogen and oxygen atoms in total. The number of nitrogens with zero attached hydrogens (tertiary/aromatic N) is 1. The number of hydrogen-bond donors (Lipinski definition) is 1. The molecule has 2 aromatic rings. The first kappa shape index (κ1) is 11.1. The zero-order chi connectivity index (χ0) is 12.7. The SMILES string of the molecule is Cn1ccc2cc(C=C3SC(=O)NC3=O)ccc21. The van der Waals surface area contributed by atoms with Crippen LogP contribution >= 0.6 is 11.8 Å². The lowest BCUT2D eigenvalue weighted by molar-refractivity contribution is -0.115. The Hall–Kier alpha value is -2.01. The fourth-order valence-electron chi connectivity index (χ4n) is 1.96. The number of benzene rings is 1. The van der Waals surface area contributed by atoms with Gasteiger partial charge in [0, 0.05) is 24.1 Å². The number of amides is 2. The first-order valence-electron chi connectivity index (χ1n) is 5.43. The summed E-state index contributed by atoms with van der Waals surface area (Å²) in [5.41, 5.74) is 2.05. The maximum Gasteiger partial charge on any atom is 0.290 e. The van der Waals surface area contributed by atoms with Crippen molar-refractivity contribution in [2.24, 2.45) is 7.05 Å². The molecule has 1 aliphatic rings. The van der Waals surface area contributed by atoms with Gasteiger partial charge in [-0.1, -0.05) is 6.07 Å². The van der Waals surface area contributed by atoms with E-state index in [4.69, 9.17) is 0 Å². The Morgan fingerprint density at radius 3 is 2.83 bits per heavy atom. The minimum atomic E-state index is -0.321. The predicted octanol–water partition coefficient (Wildman–Crippen LogP) is 2.50. The largest absolute Gasteiger partial charge is 0.351 e. The fraction of sp³-hybridized carbons (Fsp3) is 0.0769. The molecule has 2 amide bonds. The van der Waals surface area contributed by atoms with Crippen LogP contribution in [0.3, 0.4) is 0 Å². The minimum Gasteiger partial charge on any atom is -0.351 e. The lowest BCUT2D eigenvalue weighted by Gasteiger charge is -1.98. The molecule has 1 aliphatic heterocycles. The van der Waals surface area contributed by atoms with E-state index in [0.29, 0.717) is 4.91 Å². The Morgan fingerprint density at radius 1 is 1.28 bits per heavy atom. The summed E-state index contributed by atoms with van der Waals surface area (Å²) in [4.78, 5) is 22.9. The Bertz CT molecular complexity index is 700. The molecule has 0 unspecified atom stereocenters. The summed E-state index contributed by atoms with van der Waals surface area (Å²) in [6.45, 7) is 0. The van der Waals surface area contributed by atoms with Gasteiger partial charge in [-0.3, -0.25) is 14.9 Å². The van der Waals surface area contributed by atoms with E-state index in [0.717, 1.165) is 28.2 Å². The lowest BCUT2D eigenvalue weighted by Crippen LogP contribution is -2.17. The standard InChI is InChI=1S/C13H10N2O2S/c1-15-5-4-9-6-8(2-3-10(9)15)7-11-12(16)14-13(17)18-11/h2-7H,1H3,(H,14,16,17). The monoisotopic (exact) mass is 258 g/mol. The topological polar surface area (TPSA) is 51.1 Å². The maximum atomic E-state index is 11.4. The molecule has 0 spiro atoms. The molecule has 5 heteroatoms. The summed E-state index contributed by atoms with van der Waals surface area (Å²) in [6, 6.07) is 7.95. The van der Waals surface area contributed by atoms with Gasteiger partial charge in [0.1, 0.15) is 0 Å². The molecule has 1 N–H and O–H groups in total. The average molecular weight is 258 g/mol. The number of fused-ring (bicyclic) bond motifs is 1. The molecule has 90 valence electrons. The van der Waals surface area contributed by atoms with E-state index < -0.39 is 0 Å². The number of carbonyl (C=O) groups is 2. The fourth-order valence-corrected chi connectivity index (χ4v) is 2.64. The van der Waals surface area contributed by atoms with Gasteiger partial charge in [0.05, 0.1) is 4.91 Å². The number of rotatable bonds is 1. The third-order valence-corrected chi connectivity index (χ3v) is 3.66. The molecule has 1 aromatic heterocycles. The molecule has 0 aliphatic carbocycles. The van der Waals surface area contributed by atoms with Gasteiger partial charge >= 0.3 is 0 Å². The highest BCUT2D eigenvalue weighted by Crippen LogP contribution is 2.26. The smallest absolute Gasteiger partial charge is 0.290 e. The zero-order valence-electron chi connectivity index (χ0n) is 9.64. The molecule has 1 aromatic carbocycles. The van der Waals surface area contributed by atoms with E-state index >= 15 is 0 Å². The van der Waals surface area contributed by atoms with E-state index in [1.54, 1.807) is 6.08 Å². The van der Waals surface area contributed by atoms with Crippen molar-refractivity contribution in [1.29, 1.82) is 0 Å². The van der Waals surface area contributed by atoms with Crippen LogP contribution in [0.1, 0.15) is 5.56 Å². The van der Waals surface area contributed by atoms with Gasteiger partial charge in [-0.15, -0.1) is 0 Å². The third kappa shape index (κ3) is 1.82. The number of aryl methyl sites for hydroxylation is 1. The van der Waals surface area contributed by atoms with Gasteiger partial charge in [0.25, 0.3) is 11.1 Å². The van der Waals surface area contributed by atoms with Crippen molar-refractivity contribution in [3.8, 4) is 0 Å². The van der Waals surface area contributed by atoms with Crippen molar-refractivity contribution in [2.45, 2.75) is 0 Å². The highest BCUT2D eigenvalue weighted by Gasteiger charge is 2.24. The van der Waals surface area contributed by atoms with Crippen LogP contribution in [0, 0.1) is 0 Å². The lowest BCUT2D eigenvalue weighted by atomic mass is 10.1. The van der Waals surface area contributed by atoms with Gasteiger partial charge < -0.3 is 4.57 Å². The highest BCUT2D eigenvalue weighted by atomic mass is 32.2. The molecule has 1 fully saturated rings. The highest BCUT2D eigenvalue weighted by molar-refractivity contribution is 8.18. The summed E-state index contributed by atoms with van der Waals surface area (Å²) >= 11 is 0.935. The van der Waals surface area contributed by atoms with Crippen LogP contribution in [-0.2, 0) is 11.8 Å². The molecule has 3 rings (SSSR count). The van der Waals surface area contributed by atoms with E-state index in [9.17, 15) is 9.59 Å². The van der Waals surface area contributed by atoms with Crippen LogP contribution in [0.4, 0.5) is 4.79 Å². The van der Waals surface area contributed by atoms with Gasteiger partial charge in [-0.25, -0.2) is 0 Å². The summed E-state index contributed by atoms with van der Waals surface area (Å²) in [5.74, 6) is -0.321. The second-order valence-electron chi connectivity index (χ2n) is 4.10. The molecule has 0 radical (unpaired) electrons. The average Bonchev–Trinajstić information content (AvgIpc) is 2.84. The zero-order valence-corrected chi connectivity index (χ0v) is 10.5. The van der Waals surface area contributed by atoms with E-state index in [1.807, 2.05) is 42.1 Å². The second-order valence-corrected chi connectivity index (χ2v) is 5.11. The predicted molar refractivity (Wildman–Crippen MR) is 72.0 cm³/mol. The van der Waals surface area contributed by atoms with Crippen molar-refractivity contribution in [3.63, 3.8) is 0 Å². The summed E-state index contributed by atoms with van der Waals surface area (Å²) < 4.78 is 2.03. The van der Waals surface area contributed by atoms with Crippen LogP contribution in [0.5, 0.6) is 0 Å². The number of carbonyl (C=O) groups excluding carboxylic acids is 2. The molecular weight excluding hydrogens is 248 g/mol. The Balaban J connectivity index is 2.02. The second kappa shape index (κ2) is 4.03. The maximum absolute atomic E-state index is 11.4. The quantitative estimate of drug-likeness (QED) is 0.799. The molecule has 0 atom stereocenters. The Labute approximate surface area is 108 Å². The van der Waals surface area contributed by atoms with Crippen molar-refractivity contribution in [3.05, 3.63) is 40.9 Å². The molecule has 1 saturated heterocycles. The number of thioether (sulfide) groups is 1. The molecule has 18 heavy (non-hydrogen) atoms. The van der Waals surface area contributed by atoms with Gasteiger partial charge in [-0.2, -0.15) is 0 Å². The first-order chi connectivity index (χ1) is 8.63. The summed E-state index contributed by atoms with van der Waals surface area (Å²) in [6.07, 6.45) is 3.72. The molecular formula is C13H10N2O2S. The van der Waals surface area contributed by atoms with Crippen molar-refractivity contribution >= 4 is 39.9 Å². The summed E-state index contributed by atoms with van der Waals surface area (Å²) in [7, 11) is 1.99. The van der Waals surface area contributed by atoms with Gasteiger partial charge in [-0.05, 0) is 41.6 Å². The molecule has 0 bridgehead atoms. The number of aromatic nitrogens is 1. The van der Waals surface area contributed by atoms with Crippen LogP contribution in [0.15, 0.2) is 35.4 Å². The van der Waals surface area contributed by atoms with Crippen LogP contribution < -0.4 is 5.32 Å². The van der Waals surface area contributed by atoms with Crippen LogP contribution in [-0.4, -0.2) is 15.7 Å². The number of imide groups is 1. The number of nitrogens with one attached hydrogen (secondary N) is 1. The number of hydrogen-bond acceptors (Lipinski definition) is 3. The van der Waals surface area contributed by atoms with Gasteiger partial charge in [0.2, 0.25) is 0 Å². The molecule has 2 heterocycles. The van der Waals surface area contributed by atoms with Crippen LogP contribution in [0.2, 0.25) is 0 Å². The van der Waals surface area contributed by atoms with Crippen molar-refractivity contribution in [2.75, 3.05) is 0 Å². The summed E-state index contributed by atoms with van der Waals surface area (Å²) in [5, 5.41) is 3.04. The normalized spacial score (nSPS) is 17.7. The van der Waals surface area contributed by atoms with Gasteiger partial charge in [0.15, 0.2) is 0 Å². The first-order valence-corrected chi connectivity index (χ1v) is 6.25. The molecule has 0 saturated carbocycles. The van der Waals surface area contributed by atoms with Crippen LogP contribution in [0.25, 0.3) is 17.0 Å². The third-order valence-electron chi connectivity index (χ3n) is 2.85. The van der Waals surface area contributed by atoms with E-state index in [-0.39, 0.29) is 11.1 Å².